The third kappa shape index (κ3) is 6.20. The van der Waals surface area contributed by atoms with Crippen molar-refractivity contribution in [2.24, 2.45) is 5.41 Å². The molecule has 0 aliphatic rings. The van der Waals surface area contributed by atoms with Crippen LogP contribution in [0.1, 0.15) is 26.2 Å². The first-order valence-corrected chi connectivity index (χ1v) is 6.91. The molecule has 0 spiro atoms. The predicted octanol–water partition coefficient (Wildman–Crippen LogP) is 6.73. The van der Waals surface area contributed by atoms with E-state index in [1.807, 2.05) is 0 Å². The summed E-state index contributed by atoms with van der Waals surface area (Å²) in [4.78, 5) is 0. The van der Waals surface area contributed by atoms with Crippen LogP contribution in [0, 0.1) is 5.41 Å². The van der Waals surface area contributed by atoms with E-state index in [4.69, 9.17) is 0 Å². The zero-order valence-corrected chi connectivity index (χ0v) is 13.4. The second kappa shape index (κ2) is 7.63. The van der Waals surface area contributed by atoms with Gasteiger partial charge in [-0.1, -0.05) is 6.92 Å². The molecule has 0 aliphatic heterocycles. The Labute approximate surface area is 146 Å². The van der Waals surface area contributed by atoms with Crippen molar-refractivity contribution in [2.45, 2.75) is 62.7 Å². The van der Waals surface area contributed by atoms with Crippen LogP contribution in [0.25, 0.3) is 0 Å². The molecule has 0 aromatic heterocycles. The standard InChI is InChI=1S/C12H11F15O/c1-2-6(3-7(13,14)15,4-8(16,17)18)5-28-9(10(19,20)21,11(22,23)24)12(25,26)27/h2-5H2,1H3. The van der Waals surface area contributed by atoms with Crippen molar-refractivity contribution in [1.82, 2.24) is 0 Å². The maximum atomic E-state index is 12.7. The quantitative estimate of drug-likeness (QED) is 0.403. The monoisotopic (exact) mass is 456 g/mol. The number of ether oxygens (including phenoxy) is 1. The number of hydrogen-bond acceptors (Lipinski definition) is 1. The molecule has 1 nitrogen and oxygen atoms in total. The first-order valence-electron chi connectivity index (χ1n) is 6.91. The predicted molar refractivity (Wildman–Crippen MR) is 60.9 cm³/mol. The highest BCUT2D eigenvalue weighted by molar-refractivity contribution is 5.03. The van der Waals surface area contributed by atoms with Crippen LogP contribution >= 0.6 is 0 Å². The second-order valence-electron chi connectivity index (χ2n) is 5.90. The third-order valence-electron chi connectivity index (χ3n) is 3.69. The molecular formula is C12H11F15O. The molecule has 170 valence electrons. The van der Waals surface area contributed by atoms with Gasteiger partial charge < -0.3 is 4.74 Å². The molecule has 0 aromatic carbocycles. The van der Waals surface area contributed by atoms with E-state index in [0.29, 0.717) is 6.92 Å². The zero-order valence-electron chi connectivity index (χ0n) is 13.4. The number of rotatable bonds is 6. The first-order chi connectivity index (χ1) is 11.9. The van der Waals surface area contributed by atoms with Crippen molar-refractivity contribution in [3.05, 3.63) is 0 Å². The van der Waals surface area contributed by atoms with Gasteiger partial charge in [0.25, 0.3) is 0 Å². The molecule has 0 bridgehead atoms. The molecule has 28 heavy (non-hydrogen) atoms. The fraction of sp³-hybridized carbons (Fsp3) is 1.00. The van der Waals surface area contributed by atoms with Gasteiger partial charge in [0, 0.05) is 5.41 Å². The average molecular weight is 456 g/mol. The second-order valence-corrected chi connectivity index (χ2v) is 5.90. The van der Waals surface area contributed by atoms with Crippen LogP contribution < -0.4 is 0 Å². The molecule has 0 saturated heterocycles. The van der Waals surface area contributed by atoms with E-state index < -0.39 is 67.8 Å². The van der Waals surface area contributed by atoms with Gasteiger partial charge in [-0.3, -0.25) is 0 Å². The van der Waals surface area contributed by atoms with E-state index in [9.17, 15) is 65.9 Å². The maximum Gasteiger partial charge on any atom is 0.435 e. The van der Waals surface area contributed by atoms with Crippen molar-refractivity contribution < 1.29 is 70.6 Å². The summed E-state index contributed by atoms with van der Waals surface area (Å²) in [5.74, 6) is 0. The summed E-state index contributed by atoms with van der Waals surface area (Å²) in [5, 5.41) is 0. The summed E-state index contributed by atoms with van der Waals surface area (Å²) in [7, 11) is 0. The lowest BCUT2D eigenvalue weighted by Gasteiger charge is -2.42. The van der Waals surface area contributed by atoms with Crippen LogP contribution in [-0.4, -0.2) is 43.1 Å². The molecule has 0 atom stereocenters. The SMILES string of the molecule is CCC(COC(C(F)(F)F)(C(F)(F)F)C(F)(F)F)(CC(F)(F)F)CC(F)(F)F. The Kier molecular flexibility index (Phi) is 7.33. The largest absolute Gasteiger partial charge is 0.435 e. The Morgan fingerprint density at radius 3 is 1.00 bits per heavy atom. The molecular weight excluding hydrogens is 445 g/mol. The topological polar surface area (TPSA) is 9.23 Å². The van der Waals surface area contributed by atoms with Crippen molar-refractivity contribution >= 4 is 0 Å². The minimum atomic E-state index is -7.28. The molecule has 16 heteroatoms. The van der Waals surface area contributed by atoms with Crippen LogP contribution in [0.3, 0.4) is 0 Å². The van der Waals surface area contributed by atoms with Gasteiger partial charge in [0.15, 0.2) is 0 Å². The van der Waals surface area contributed by atoms with Gasteiger partial charge >= 0.3 is 36.5 Å². The molecule has 0 fully saturated rings. The fourth-order valence-corrected chi connectivity index (χ4v) is 2.36. The van der Waals surface area contributed by atoms with Gasteiger partial charge in [-0.05, 0) is 6.42 Å². The van der Waals surface area contributed by atoms with E-state index in [1.165, 1.54) is 0 Å². The number of hydrogen-bond donors (Lipinski definition) is 0. The summed E-state index contributed by atoms with van der Waals surface area (Å²) in [5.41, 5.74) is -10.5. The first kappa shape index (κ1) is 26.9. The molecule has 0 rings (SSSR count). The highest BCUT2D eigenvalue weighted by atomic mass is 19.4. The van der Waals surface area contributed by atoms with Crippen LogP contribution in [0.4, 0.5) is 65.9 Å². The highest BCUT2D eigenvalue weighted by Gasteiger charge is 2.85. The minimum Gasteiger partial charge on any atom is -0.351 e. The van der Waals surface area contributed by atoms with Gasteiger partial charge in [0.05, 0.1) is 19.4 Å². The highest BCUT2D eigenvalue weighted by Crippen LogP contribution is 2.56. The summed E-state index contributed by atoms with van der Waals surface area (Å²) >= 11 is 0. The Balaban J connectivity index is 6.36. The molecule has 0 N–H and O–H groups in total. The van der Waals surface area contributed by atoms with Gasteiger partial charge in [-0.25, -0.2) is 0 Å². The molecule has 0 radical (unpaired) electrons. The lowest BCUT2D eigenvalue weighted by molar-refractivity contribution is -0.461. The Morgan fingerprint density at radius 1 is 0.536 bits per heavy atom. The zero-order chi connectivity index (χ0) is 23.0. The molecule has 0 heterocycles. The normalized spacial score (nSPS) is 15.9. The molecule has 0 aliphatic carbocycles. The lowest BCUT2D eigenvalue weighted by atomic mass is 9.78. The lowest BCUT2D eigenvalue weighted by Crippen LogP contribution is -2.68. The summed E-state index contributed by atoms with van der Waals surface area (Å²) < 4.78 is 193. The molecule has 0 amide bonds. The fourth-order valence-electron chi connectivity index (χ4n) is 2.36. The van der Waals surface area contributed by atoms with Crippen molar-refractivity contribution in [2.75, 3.05) is 6.61 Å². The molecule has 0 saturated carbocycles. The van der Waals surface area contributed by atoms with Gasteiger partial charge in [-0.15, -0.1) is 0 Å². The van der Waals surface area contributed by atoms with Crippen molar-refractivity contribution in [3.8, 4) is 0 Å². The van der Waals surface area contributed by atoms with E-state index >= 15 is 0 Å². The van der Waals surface area contributed by atoms with Gasteiger partial charge in [-0.2, -0.15) is 65.9 Å². The smallest absolute Gasteiger partial charge is 0.351 e. The third-order valence-corrected chi connectivity index (χ3v) is 3.69. The molecule has 0 unspecified atom stereocenters. The Bertz CT molecular complexity index is 452. The summed E-state index contributed by atoms with van der Waals surface area (Å²) in [6.45, 7) is -2.24. The summed E-state index contributed by atoms with van der Waals surface area (Å²) in [6, 6.07) is 0. The van der Waals surface area contributed by atoms with E-state index in [1.54, 1.807) is 0 Å². The van der Waals surface area contributed by atoms with Crippen LogP contribution in [0.2, 0.25) is 0 Å². The van der Waals surface area contributed by atoms with Gasteiger partial charge in [0.2, 0.25) is 0 Å². The van der Waals surface area contributed by atoms with Crippen LogP contribution in [0.5, 0.6) is 0 Å². The Morgan fingerprint density at radius 2 is 0.821 bits per heavy atom. The molecule has 0 aromatic rings. The number of alkyl halides is 15. The number of halogens is 15. The summed E-state index contributed by atoms with van der Waals surface area (Å²) in [6.07, 6.45) is -39.6. The van der Waals surface area contributed by atoms with E-state index in [-0.39, 0.29) is 0 Å². The van der Waals surface area contributed by atoms with Crippen molar-refractivity contribution in [3.63, 3.8) is 0 Å². The van der Waals surface area contributed by atoms with Crippen LogP contribution in [-0.2, 0) is 4.74 Å². The Hall–Kier alpha value is -1.09. The van der Waals surface area contributed by atoms with Crippen LogP contribution in [0.15, 0.2) is 0 Å². The maximum absolute atomic E-state index is 12.7. The minimum absolute atomic E-state index is 0.525. The van der Waals surface area contributed by atoms with E-state index in [2.05, 4.69) is 4.74 Å². The van der Waals surface area contributed by atoms with Gasteiger partial charge in [0.1, 0.15) is 0 Å². The average Bonchev–Trinajstić information content (AvgIpc) is 2.29. The van der Waals surface area contributed by atoms with E-state index in [0.717, 1.165) is 0 Å². The van der Waals surface area contributed by atoms with Crippen molar-refractivity contribution in [1.29, 1.82) is 0 Å².